The van der Waals surface area contributed by atoms with Crippen molar-refractivity contribution in [1.82, 2.24) is 20.0 Å². The molecule has 0 aliphatic heterocycles. The van der Waals surface area contributed by atoms with E-state index in [-0.39, 0.29) is 28.0 Å². The van der Waals surface area contributed by atoms with Gasteiger partial charge in [0.15, 0.2) is 0 Å². The average molecular weight is 366 g/mol. The zero-order valence-electron chi connectivity index (χ0n) is 15.5. The van der Waals surface area contributed by atoms with E-state index < -0.39 is 11.6 Å². The van der Waals surface area contributed by atoms with Crippen molar-refractivity contribution >= 4 is 0 Å². The van der Waals surface area contributed by atoms with E-state index in [2.05, 4.69) is 24.0 Å². The van der Waals surface area contributed by atoms with Gasteiger partial charge < -0.3 is 0 Å². The minimum absolute atomic E-state index is 0.0925. The van der Waals surface area contributed by atoms with Crippen molar-refractivity contribution in [2.24, 2.45) is 12.5 Å². The molecule has 3 aromatic rings. The Labute approximate surface area is 156 Å². The largest absolute Gasteiger partial charge is 0.276 e. The smallest absolute Gasteiger partial charge is 0.135 e. The molecule has 4 nitrogen and oxygen atoms in total. The molecule has 2 aliphatic carbocycles. The van der Waals surface area contributed by atoms with Gasteiger partial charge in [-0.15, -0.1) is 5.10 Å². The zero-order valence-corrected chi connectivity index (χ0v) is 15.5. The molecule has 0 amide bonds. The van der Waals surface area contributed by atoms with Gasteiger partial charge in [0, 0.05) is 13.2 Å². The van der Waals surface area contributed by atoms with Crippen LogP contribution in [0.5, 0.6) is 0 Å². The molecule has 0 radical (unpaired) electrons. The van der Waals surface area contributed by atoms with Crippen LogP contribution in [0.2, 0.25) is 0 Å². The molecule has 2 bridgehead atoms. The van der Waals surface area contributed by atoms with Crippen molar-refractivity contribution in [2.75, 3.05) is 0 Å². The average Bonchev–Trinajstić information content (AvgIpc) is 3.22. The second kappa shape index (κ2) is 5.21. The van der Waals surface area contributed by atoms with E-state index in [1.807, 2.05) is 30.1 Å². The lowest BCUT2D eigenvalue weighted by Gasteiger charge is -2.36. The first-order valence-corrected chi connectivity index (χ1v) is 9.19. The normalized spacial score (nSPS) is 25.0. The summed E-state index contributed by atoms with van der Waals surface area (Å²) >= 11 is 0. The van der Waals surface area contributed by atoms with E-state index in [0.717, 1.165) is 29.8 Å². The Morgan fingerprint density at radius 1 is 1.11 bits per heavy atom. The number of hydrogen-bond donors (Lipinski definition) is 0. The molecule has 27 heavy (non-hydrogen) atoms. The van der Waals surface area contributed by atoms with Crippen LogP contribution in [0.4, 0.5) is 8.78 Å². The molecule has 2 aromatic heterocycles. The maximum atomic E-state index is 14.3. The van der Waals surface area contributed by atoms with Crippen LogP contribution in [0.1, 0.15) is 49.6 Å². The zero-order chi connectivity index (χ0) is 19.0. The summed E-state index contributed by atoms with van der Waals surface area (Å²) in [6.45, 7) is 4.48. The van der Waals surface area contributed by atoms with Gasteiger partial charge in [0.2, 0.25) is 0 Å². The summed E-state index contributed by atoms with van der Waals surface area (Å²) in [5, 5.41) is 13.5. The molecule has 0 saturated heterocycles. The molecule has 0 spiro atoms. The minimum atomic E-state index is -0.619. The first kappa shape index (κ1) is 16.5. The molecule has 0 N–H and O–H groups in total. The highest BCUT2D eigenvalue weighted by Crippen LogP contribution is 2.69. The van der Waals surface area contributed by atoms with Gasteiger partial charge in [-0.2, -0.15) is 10.2 Å². The molecule has 1 aromatic carbocycles. The predicted molar refractivity (Wildman–Crippen MR) is 97.1 cm³/mol. The SMILES string of the molecule is Cn1ccc([C@@]23CC[C@@H](c4cc(-c5c(F)cccc5F)nnc42)C3(C)C)n1. The molecule has 138 valence electrons. The predicted octanol–water partition coefficient (Wildman–Crippen LogP) is 4.36. The number of rotatable bonds is 2. The quantitative estimate of drug-likeness (QED) is 0.677. The topological polar surface area (TPSA) is 43.6 Å². The lowest BCUT2D eigenvalue weighted by atomic mass is 9.66. The highest BCUT2D eigenvalue weighted by atomic mass is 19.1. The molecule has 5 rings (SSSR count). The third kappa shape index (κ3) is 1.93. The van der Waals surface area contributed by atoms with Gasteiger partial charge in [0.25, 0.3) is 0 Å². The third-order valence-electron chi connectivity index (χ3n) is 6.75. The molecule has 6 heteroatoms. The van der Waals surface area contributed by atoms with Gasteiger partial charge in [-0.3, -0.25) is 4.68 Å². The van der Waals surface area contributed by atoms with Gasteiger partial charge in [-0.1, -0.05) is 19.9 Å². The molecule has 2 aliphatic rings. The summed E-state index contributed by atoms with van der Waals surface area (Å²) < 4.78 is 30.3. The fourth-order valence-corrected chi connectivity index (χ4v) is 5.40. The van der Waals surface area contributed by atoms with Crippen LogP contribution in [0, 0.1) is 17.0 Å². The molecule has 2 atom stereocenters. The number of fused-ring (bicyclic) bond motifs is 5. The molecule has 1 saturated carbocycles. The van der Waals surface area contributed by atoms with Crippen LogP contribution in [0.3, 0.4) is 0 Å². The highest BCUT2D eigenvalue weighted by Gasteiger charge is 2.65. The van der Waals surface area contributed by atoms with Crippen LogP contribution in [0.15, 0.2) is 36.5 Å². The highest BCUT2D eigenvalue weighted by molar-refractivity contribution is 5.64. The van der Waals surface area contributed by atoms with E-state index in [0.29, 0.717) is 0 Å². The van der Waals surface area contributed by atoms with Crippen molar-refractivity contribution in [3.63, 3.8) is 0 Å². The lowest BCUT2D eigenvalue weighted by molar-refractivity contribution is 0.241. The first-order valence-electron chi connectivity index (χ1n) is 9.19. The number of halogens is 2. The maximum absolute atomic E-state index is 14.3. The van der Waals surface area contributed by atoms with Crippen molar-refractivity contribution < 1.29 is 8.78 Å². The fraction of sp³-hybridized carbons (Fsp3) is 0.381. The van der Waals surface area contributed by atoms with Crippen LogP contribution in [0.25, 0.3) is 11.3 Å². The Morgan fingerprint density at radius 2 is 1.85 bits per heavy atom. The fourth-order valence-electron chi connectivity index (χ4n) is 5.40. The van der Waals surface area contributed by atoms with Gasteiger partial charge in [0.05, 0.1) is 28.1 Å². The number of aromatic nitrogens is 4. The Kier molecular flexibility index (Phi) is 3.19. The third-order valence-corrected chi connectivity index (χ3v) is 6.75. The summed E-state index contributed by atoms with van der Waals surface area (Å²) in [7, 11) is 1.91. The van der Waals surface area contributed by atoms with Crippen molar-refractivity contribution in [2.45, 2.75) is 38.0 Å². The first-order chi connectivity index (χ1) is 12.9. The summed E-state index contributed by atoms with van der Waals surface area (Å²) in [5.74, 6) is -0.976. The molecule has 0 unspecified atom stereocenters. The van der Waals surface area contributed by atoms with Gasteiger partial charge in [0.1, 0.15) is 11.6 Å². The Balaban J connectivity index is 1.73. The second-order valence-electron chi connectivity index (χ2n) is 8.22. The lowest BCUT2D eigenvalue weighted by Crippen LogP contribution is -2.37. The molecule has 1 fully saturated rings. The summed E-state index contributed by atoms with van der Waals surface area (Å²) in [6, 6.07) is 7.74. The van der Waals surface area contributed by atoms with Crippen molar-refractivity contribution in [3.8, 4) is 11.3 Å². The van der Waals surface area contributed by atoms with Gasteiger partial charge in [-0.25, -0.2) is 8.78 Å². The minimum Gasteiger partial charge on any atom is -0.276 e. The molecular formula is C21H20F2N4. The van der Waals surface area contributed by atoms with Crippen LogP contribution in [-0.4, -0.2) is 20.0 Å². The van der Waals surface area contributed by atoms with E-state index in [9.17, 15) is 8.78 Å². The van der Waals surface area contributed by atoms with Crippen LogP contribution in [-0.2, 0) is 12.5 Å². The number of benzene rings is 1. The van der Waals surface area contributed by atoms with E-state index in [4.69, 9.17) is 5.10 Å². The van der Waals surface area contributed by atoms with Gasteiger partial charge >= 0.3 is 0 Å². The van der Waals surface area contributed by atoms with Crippen LogP contribution >= 0.6 is 0 Å². The van der Waals surface area contributed by atoms with Crippen molar-refractivity contribution in [3.05, 3.63) is 65.1 Å². The number of aryl methyl sites for hydroxylation is 1. The Bertz CT molecular complexity index is 1050. The Hall–Kier alpha value is -2.63. The summed E-state index contributed by atoms with van der Waals surface area (Å²) in [4.78, 5) is 0. The summed E-state index contributed by atoms with van der Waals surface area (Å²) in [5.41, 5.74) is 2.69. The molecule has 2 heterocycles. The number of nitrogens with zero attached hydrogens (tertiary/aromatic N) is 4. The summed E-state index contributed by atoms with van der Waals surface area (Å²) in [6.07, 6.45) is 3.90. The standard InChI is InChI=1S/C21H20F2N4/c1-20(2)13-7-9-21(20,17-8-10-27(3)26-17)19-12(13)11-16(24-25-19)18-14(22)5-4-6-15(18)23/h4-6,8,10-11,13H,7,9H2,1-3H3/t13-,21-/m0/s1. The second-order valence-corrected chi connectivity index (χ2v) is 8.22. The van der Waals surface area contributed by atoms with Crippen LogP contribution < -0.4 is 0 Å². The Morgan fingerprint density at radius 3 is 2.52 bits per heavy atom. The van der Waals surface area contributed by atoms with Gasteiger partial charge in [-0.05, 0) is 54.0 Å². The van der Waals surface area contributed by atoms with E-state index in [1.165, 1.54) is 18.2 Å². The molecular weight excluding hydrogens is 346 g/mol. The van der Waals surface area contributed by atoms with E-state index in [1.54, 1.807) is 0 Å². The maximum Gasteiger partial charge on any atom is 0.135 e. The number of hydrogen-bond acceptors (Lipinski definition) is 3. The monoisotopic (exact) mass is 366 g/mol. The van der Waals surface area contributed by atoms with Crippen molar-refractivity contribution in [1.29, 1.82) is 0 Å². The van der Waals surface area contributed by atoms with E-state index >= 15 is 0 Å².